The van der Waals surface area contributed by atoms with Gasteiger partial charge in [-0.3, -0.25) is 9.48 Å². The number of aromatic amines is 1. The van der Waals surface area contributed by atoms with Crippen LogP contribution in [0.3, 0.4) is 0 Å². The molecule has 102 valence electrons. The molecule has 7 heteroatoms. The van der Waals surface area contributed by atoms with Crippen molar-refractivity contribution < 1.29 is 4.79 Å². The highest BCUT2D eigenvalue weighted by molar-refractivity contribution is 5.97. The number of hydrogen-bond acceptors (Lipinski definition) is 4. The SMILES string of the molecule is CCC(NC(=O)c1nn(CC)cc1N)c1ncc[nH]1. The summed E-state index contributed by atoms with van der Waals surface area (Å²) < 4.78 is 1.64. The van der Waals surface area contributed by atoms with Crippen LogP contribution in [0.1, 0.15) is 42.6 Å². The predicted molar refractivity (Wildman–Crippen MR) is 71.4 cm³/mol. The Morgan fingerprint density at radius 3 is 2.89 bits per heavy atom. The van der Waals surface area contributed by atoms with Crippen molar-refractivity contribution in [2.75, 3.05) is 5.73 Å². The van der Waals surface area contributed by atoms with Gasteiger partial charge in [-0.1, -0.05) is 6.92 Å². The maximum atomic E-state index is 12.2. The Labute approximate surface area is 111 Å². The number of aryl methyl sites for hydroxylation is 1. The third kappa shape index (κ3) is 2.75. The normalized spacial score (nSPS) is 12.3. The zero-order chi connectivity index (χ0) is 13.8. The van der Waals surface area contributed by atoms with Crippen molar-refractivity contribution in [3.63, 3.8) is 0 Å². The fourth-order valence-corrected chi connectivity index (χ4v) is 1.83. The maximum Gasteiger partial charge on any atom is 0.274 e. The first-order chi connectivity index (χ1) is 9.15. The van der Waals surface area contributed by atoms with E-state index in [-0.39, 0.29) is 17.6 Å². The van der Waals surface area contributed by atoms with Gasteiger partial charge in [0.1, 0.15) is 5.82 Å². The highest BCUT2D eigenvalue weighted by Gasteiger charge is 2.20. The first kappa shape index (κ1) is 13.1. The lowest BCUT2D eigenvalue weighted by atomic mass is 10.2. The molecule has 2 aromatic rings. The highest BCUT2D eigenvalue weighted by Crippen LogP contribution is 2.14. The Morgan fingerprint density at radius 1 is 1.58 bits per heavy atom. The van der Waals surface area contributed by atoms with Gasteiger partial charge in [0.05, 0.1) is 11.7 Å². The molecule has 0 aliphatic heterocycles. The molecule has 1 unspecified atom stereocenters. The number of nitrogens with zero attached hydrogens (tertiary/aromatic N) is 3. The van der Waals surface area contributed by atoms with Crippen LogP contribution in [0.15, 0.2) is 18.6 Å². The molecule has 0 bridgehead atoms. The largest absolute Gasteiger partial charge is 0.396 e. The van der Waals surface area contributed by atoms with E-state index < -0.39 is 0 Å². The molecule has 4 N–H and O–H groups in total. The van der Waals surface area contributed by atoms with Crippen molar-refractivity contribution in [3.05, 3.63) is 30.1 Å². The van der Waals surface area contributed by atoms with Crippen LogP contribution in [0.25, 0.3) is 0 Å². The van der Waals surface area contributed by atoms with Crippen molar-refractivity contribution in [1.82, 2.24) is 25.1 Å². The molecule has 0 spiro atoms. The van der Waals surface area contributed by atoms with Crippen LogP contribution in [0, 0.1) is 0 Å². The minimum Gasteiger partial charge on any atom is -0.396 e. The van der Waals surface area contributed by atoms with Crippen LogP contribution < -0.4 is 11.1 Å². The number of anilines is 1. The molecule has 19 heavy (non-hydrogen) atoms. The van der Waals surface area contributed by atoms with Gasteiger partial charge >= 0.3 is 0 Å². The average molecular weight is 262 g/mol. The van der Waals surface area contributed by atoms with Gasteiger partial charge in [0.15, 0.2) is 5.69 Å². The quantitative estimate of drug-likeness (QED) is 0.750. The number of nitrogen functional groups attached to an aromatic ring is 1. The van der Waals surface area contributed by atoms with Crippen molar-refractivity contribution in [3.8, 4) is 0 Å². The predicted octanol–water partition coefficient (Wildman–Crippen LogP) is 1.09. The van der Waals surface area contributed by atoms with E-state index in [4.69, 9.17) is 5.73 Å². The summed E-state index contributed by atoms with van der Waals surface area (Å²) in [6, 6.07) is -0.173. The summed E-state index contributed by atoms with van der Waals surface area (Å²) >= 11 is 0. The second-order valence-electron chi connectivity index (χ2n) is 4.20. The van der Waals surface area contributed by atoms with E-state index in [1.54, 1.807) is 23.3 Å². The molecule has 0 radical (unpaired) electrons. The smallest absolute Gasteiger partial charge is 0.274 e. The van der Waals surface area contributed by atoms with E-state index >= 15 is 0 Å². The fraction of sp³-hybridized carbons (Fsp3) is 0.417. The Balaban J connectivity index is 2.13. The number of imidazole rings is 1. The van der Waals surface area contributed by atoms with Crippen LogP contribution in [-0.2, 0) is 6.54 Å². The van der Waals surface area contributed by atoms with Gasteiger partial charge in [0.2, 0.25) is 0 Å². The lowest BCUT2D eigenvalue weighted by molar-refractivity contribution is 0.0929. The molecule has 0 aliphatic rings. The fourth-order valence-electron chi connectivity index (χ4n) is 1.83. The standard InChI is InChI=1S/C12H18N6O/c1-3-9(11-14-5-6-15-11)16-12(19)10-8(13)7-18(4-2)17-10/h5-7,9H,3-4,13H2,1-2H3,(H,14,15)(H,16,19). The minimum absolute atomic E-state index is 0.173. The molecule has 0 saturated carbocycles. The van der Waals surface area contributed by atoms with E-state index in [0.29, 0.717) is 12.2 Å². The van der Waals surface area contributed by atoms with Crippen LogP contribution in [0.2, 0.25) is 0 Å². The molecule has 1 atom stereocenters. The number of nitrogens with one attached hydrogen (secondary N) is 2. The summed E-state index contributed by atoms with van der Waals surface area (Å²) in [6.07, 6.45) is 5.77. The Hall–Kier alpha value is -2.31. The van der Waals surface area contributed by atoms with Crippen LogP contribution in [0.4, 0.5) is 5.69 Å². The van der Waals surface area contributed by atoms with Gasteiger partial charge < -0.3 is 16.0 Å². The van der Waals surface area contributed by atoms with E-state index in [1.807, 2.05) is 13.8 Å². The number of carbonyl (C=O) groups excluding carboxylic acids is 1. The second kappa shape index (κ2) is 5.55. The number of amides is 1. The molecular formula is C12H18N6O. The molecule has 0 aliphatic carbocycles. The molecule has 1 amide bonds. The first-order valence-corrected chi connectivity index (χ1v) is 6.28. The van der Waals surface area contributed by atoms with Crippen molar-refractivity contribution in [2.45, 2.75) is 32.9 Å². The molecule has 2 heterocycles. The zero-order valence-corrected chi connectivity index (χ0v) is 11.1. The zero-order valence-electron chi connectivity index (χ0n) is 11.1. The summed E-state index contributed by atoms with van der Waals surface area (Å²) in [4.78, 5) is 19.3. The molecule has 2 aromatic heterocycles. The van der Waals surface area contributed by atoms with E-state index in [1.165, 1.54) is 0 Å². The Bertz CT molecular complexity index is 545. The average Bonchev–Trinajstić information content (AvgIpc) is 3.04. The third-order valence-electron chi connectivity index (χ3n) is 2.89. The van der Waals surface area contributed by atoms with E-state index in [9.17, 15) is 4.79 Å². The summed E-state index contributed by atoms with van der Waals surface area (Å²) in [5.41, 5.74) is 6.43. The second-order valence-corrected chi connectivity index (χ2v) is 4.20. The lowest BCUT2D eigenvalue weighted by Crippen LogP contribution is -2.29. The number of nitrogens with two attached hydrogens (primary N) is 1. The van der Waals surface area contributed by atoms with E-state index in [0.717, 1.165) is 12.2 Å². The molecular weight excluding hydrogens is 244 g/mol. The molecule has 2 rings (SSSR count). The number of rotatable bonds is 5. The number of aromatic nitrogens is 4. The first-order valence-electron chi connectivity index (χ1n) is 6.28. The summed E-state index contributed by atoms with van der Waals surface area (Å²) in [7, 11) is 0. The van der Waals surface area contributed by atoms with Gasteiger partial charge in [-0.15, -0.1) is 0 Å². The van der Waals surface area contributed by atoms with Crippen LogP contribution in [-0.4, -0.2) is 25.7 Å². The monoisotopic (exact) mass is 262 g/mol. The van der Waals surface area contributed by atoms with E-state index in [2.05, 4.69) is 20.4 Å². The number of H-pyrrole nitrogens is 1. The van der Waals surface area contributed by atoms with Gasteiger partial charge in [-0.05, 0) is 13.3 Å². The van der Waals surface area contributed by atoms with Gasteiger partial charge in [0, 0.05) is 25.1 Å². The molecule has 0 saturated heterocycles. The van der Waals surface area contributed by atoms with Gasteiger partial charge in [0.25, 0.3) is 5.91 Å². The molecule has 0 fully saturated rings. The topological polar surface area (TPSA) is 102 Å². The van der Waals surface area contributed by atoms with Gasteiger partial charge in [-0.2, -0.15) is 5.10 Å². The summed E-state index contributed by atoms with van der Waals surface area (Å²) in [6.45, 7) is 4.58. The summed E-state index contributed by atoms with van der Waals surface area (Å²) in [5, 5.41) is 7.02. The Morgan fingerprint density at radius 2 is 2.37 bits per heavy atom. The molecule has 7 nitrogen and oxygen atoms in total. The minimum atomic E-state index is -0.284. The maximum absolute atomic E-state index is 12.2. The number of carbonyl (C=O) groups is 1. The Kier molecular flexibility index (Phi) is 3.84. The van der Waals surface area contributed by atoms with Crippen molar-refractivity contribution in [1.29, 1.82) is 0 Å². The van der Waals surface area contributed by atoms with Crippen molar-refractivity contribution in [2.24, 2.45) is 0 Å². The van der Waals surface area contributed by atoms with Gasteiger partial charge in [-0.25, -0.2) is 4.98 Å². The number of hydrogen-bond donors (Lipinski definition) is 3. The van der Waals surface area contributed by atoms with Crippen molar-refractivity contribution >= 4 is 11.6 Å². The highest BCUT2D eigenvalue weighted by atomic mass is 16.2. The lowest BCUT2D eigenvalue weighted by Gasteiger charge is -2.13. The van der Waals surface area contributed by atoms with Crippen LogP contribution >= 0.6 is 0 Å². The summed E-state index contributed by atoms with van der Waals surface area (Å²) in [5.74, 6) is 0.442. The third-order valence-corrected chi connectivity index (χ3v) is 2.89. The molecule has 0 aromatic carbocycles. The van der Waals surface area contributed by atoms with Crippen LogP contribution in [0.5, 0.6) is 0 Å².